The SMILES string of the molecule is Cc1cc(CCC(=O)NCCc2ccc3c(n2)NC(c2ccccc2CC(=O)NCCc2ccc4c(n2)NCCC4)CC3)ccc1F. The number of aryl methyl sites for hydroxylation is 4. The van der Waals surface area contributed by atoms with E-state index < -0.39 is 0 Å². The van der Waals surface area contributed by atoms with Gasteiger partial charge in [0.2, 0.25) is 11.8 Å². The molecule has 1 unspecified atom stereocenters. The highest BCUT2D eigenvalue weighted by atomic mass is 19.1. The van der Waals surface area contributed by atoms with Crippen molar-refractivity contribution < 1.29 is 14.0 Å². The molecule has 4 heterocycles. The quantitative estimate of drug-likeness (QED) is 0.162. The molecule has 0 bridgehead atoms. The first-order valence-corrected chi connectivity index (χ1v) is 16.8. The maximum Gasteiger partial charge on any atom is 0.224 e. The molecule has 0 saturated heterocycles. The average Bonchev–Trinajstić information content (AvgIpc) is 3.08. The summed E-state index contributed by atoms with van der Waals surface area (Å²) in [6.07, 6.45) is 6.55. The predicted octanol–water partition coefficient (Wildman–Crippen LogP) is 5.57. The Morgan fingerprint density at radius 3 is 2.36 bits per heavy atom. The number of carbonyl (C=O) groups excluding carboxylic acids is 2. The summed E-state index contributed by atoms with van der Waals surface area (Å²) >= 11 is 0. The molecule has 0 spiro atoms. The van der Waals surface area contributed by atoms with Crippen molar-refractivity contribution in [3.8, 4) is 0 Å². The Kier molecular flexibility index (Phi) is 10.4. The van der Waals surface area contributed by atoms with Crippen molar-refractivity contribution in [2.75, 3.05) is 30.3 Å². The van der Waals surface area contributed by atoms with Crippen LogP contribution in [0.3, 0.4) is 0 Å². The lowest BCUT2D eigenvalue weighted by Crippen LogP contribution is -2.29. The number of nitrogens with one attached hydrogen (secondary N) is 4. The Morgan fingerprint density at radius 2 is 1.57 bits per heavy atom. The number of benzene rings is 2. The Morgan fingerprint density at radius 1 is 0.851 bits per heavy atom. The van der Waals surface area contributed by atoms with Crippen LogP contribution in [0.4, 0.5) is 16.0 Å². The van der Waals surface area contributed by atoms with E-state index in [9.17, 15) is 14.0 Å². The second kappa shape index (κ2) is 15.2. The van der Waals surface area contributed by atoms with Gasteiger partial charge >= 0.3 is 0 Å². The van der Waals surface area contributed by atoms with E-state index >= 15 is 0 Å². The van der Waals surface area contributed by atoms with Gasteiger partial charge in [-0.1, -0.05) is 48.5 Å². The minimum absolute atomic E-state index is 0.0000162. The van der Waals surface area contributed by atoms with Gasteiger partial charge in [-0.3, -0.25) is 9.59 Å². The first kappa shape index (κ1) is 32.2. The minimum atomic E-state index is -0.230. The number of hydrogen-bond donors (Lipinski definition) is 4. The molecular weight excluding hydrogens is 591 g/mol. The standard InChI is InChI=1S/C38H43FN6O2/c1-25-23-26(8-15-33(25)39)9-17-35(46)40-21-18-31-14-11-28-12-16-34(45-38(28)44-31)32-7-3-2-5-29(32)24-36(47)41-22-19-30-13-10-27-6-4-20-42-37(27)43-30/h2-3,5,7-8,10-11,13-15,23,34H,4,6,9,12,16-22,24H2,1H3,(H,40,46)(H,41,47)(H,42,43)(H,44,45). The van der Waals surface area contributed by atoms with Crippen LogP contribution in [0.25, 0.3) is 0 Å². The molecule has 0 fully saturated rings. The van der Waals surface area contributed by atoms with Gasteiger partial charge in [-0.2, -0.15) is 0 Å². The highest BCUT2D eigenvalue weighted by molar-refractivity contribution is 5.79. The number of carbonyl (C=O) groups is 2. The summed E-state index contributed by atoms with van der Waals surface area (Å²) in [4.78, 5) is 35.0. The molecule has 6 rings (SSSR count). The van der Waals surface area contributed by atoms with Gasteiger partial charge in [0.15, 0.2) is 0 Å². The number of anilines is 2. The molecule has 244 valence electrons. The third-order valence-electron chi connectivity index (χ3n) is 9.05. The fraction of sp³-hybridized carbons (Fsp3) is 0.368. The van der Waals surface area contributed by atoms with Gasteiger partial charge in [0, 0.05) is 50.3 Å². The predicted molar refractivity (Wildman–Crippen MR) is 183 cm³/mol. The molecule has 9 heteroatoms. The van der Waals surface area contributed by atoms with Crippen LogP contribution >= 0.6 is 0 Å². The van der Waals surface area contributed by atoms with E-state index in [0.717, 1.165) is 71.9 Å². The zero-order chi connectivity index (χ0) is 32.6. The van der Waals surface area contributed by atoms with Gasteiger partial charge in [-0.25, -0.2) is 14.4 Å². The van der Waals surface area contributed by atoms with E-state index in [-0.39, 0.29) is 23.7 Å². The van der Waals surface area contributed by atoms with Crippen LogP contribution in [0.15, 0.2) is 66.7 Å². The summed E-state index contributed by atoms with van der Waals surface area (Å²) in [5.74, 6) is 1.58. The summed E-state index contributed by atoms with van der Waals surface area (Å²) in [5.41, 5.74) is 8.00. The number of nitrogens with zero attached hydrogens (tertiary/aromatic N) is 2. The van der Waals surface area contributed by atoms with Gasteiger partial charge < -0.3 is 21.3 Å². The van der Waals surface area contributed by atoms with Crippen molar-refractivity contribution in [3.05, 3.63) is 117 Å². The first-order chi connectivity index (χ1) is 22.9. The van der Waals surface area contributed by atoms with Gasteiger partial charge in [0.25, 0.3) is 0 Å². The number of pyridine rings is 2. The van der Waals surface area contributed by atoms with E-state index in [2.05, 4.69) is 45.5 Å². The second-order valence-electron chi connectivity index (χ2n) is 12.5. The van der Waals surface area contributed by atoms with E-state index in [4.69, 9.17) is 9.97 Å². The number of amides is 2. The van der Waals surface area contributed by atoms with Gasteiger partial charge in [0.05, 0.1) is 12.5 Å². The lowest BCUT2D eigenvalue weighted by atomic mass is 9.91. The smallest absolute Gasteiger partial charge is 0.224 e. The van der Waals surface area contributed by atoms with Gasteiger partial charge in [-0.15, -0.1) is 0 Å². The maximum atomic E-state index is 13.5. The number of aromatic nitrogens is 2. The molecule has 1 atom stereocenters. The Hall–Kier alpha value is -4.79. The van der Waals surface area contributed by atoms with Crippen molar-refractivity contribution in [2.45, 2.75) is 70.8 Å². The van der Waals surface area contributed by atoms with Gasteiger partial charge in [0.1, 0.15) is 17.5 Å². The largest absolute Gasteiger partial charge is 0.370 e. The van der Waals surface area contributed by atoms with Crippen LogP contribution in [-0.2, 0) is 48.1 Å². The van der Waals surface area contributed by atoms with E-state index in [0.29, 0.717) is 50.8 Å². The summed E-state index contributed by atoms with van der Waals surface area (Å²) in [6, 6.07) is 21.5. The normalized spacial score (nSPS) is 15.1. The topological polar surface area (TPSA) is 108 Å². The van der Waals surface area contributed by atoms with Crippen LogP contribution in [0.2, 0.25) is 0 Å². The molecule has 8 nitrogen and oxygen atoms in total. The van der Waals surface area contributed by atoms with Crippen LogP contribution < -0.4 is 21.3 Å². The molecule has 2 aromatic heterocycles. The van der Waals surface area contributed by atoms with Crippen molar-refractivity contribution >= 4 is 23.5 Å². The summed E-state index contributed by atoms with van der Waals surface area (Å²) in [7, 11) is 0. The molecule has 47 heavy (non-hydrogen) atoms. The van der Waals surface area contributed by atoms with Crippen molar-refractivity contribution in [1.82, 2.24) is 20.6 Å². The fourth-order valence-electron chi connectivity index (χ4n) is 6.41. The number of rotatable bonds is 12. The van der Waals surface area contributed by atoms with E-state index in [1.165, 1.54) is 17.2 Å². The zero-order valence-electron chi connectivity index (χ0n) is 27.0. The minimum Gasteiger partial charge on any atom is -0.370 e. The van der Waals surface area contributed by atoms with Crippen LogP contribution in [-0.4, -0.2) is 41.4 Å². The molecule has 2 aliphatic rings. The summed E-state index contributed by atoms with van der Waals surface area (Å²) in [6.45, 7) is 3.73. The van der Waals surface area contributed by atoms with Crippen LogP contribution in [0.5, 0.6) is 0 Å². The van der Waals surface area contributed by atoms with Gasteiger partial charge in [-0.05, 0) is 90.6 Å². The molecule has 2 aliphatic heterocycles. The Bertz CT molecular complexity index is 1740. The lowest BCUT2D eigenvalue weighted by Gasteiger charge is -2.28. The monoisotopic (exact) mass is 634 g/mol. The third kappa shape index (κ3) is 8.52. The molecule has 0 aliphatic carbocycles. The van der Waals surface area contributed by atoms with Crippen LogP contribution in [0, 0.1) is 12.7 Å². The molecule has 4 aromatic rings. The molecular formula is C38H43FN6O2. The van der Waals surface area contributed by atoms with Crippen LogP contribution in [0.1, 0.15) is 70.1 Å². The van der Waals surface area contributed by atoms with Crippen molar-refractivity contribution in [2.24, 2.45) is 0 Å². The average molecular weight is 635 g/mol. The molecule has 2 aromatic carbocycles. The number of hydrogen-bond acceptors (Lipinski definition) is 6. The van der Waals surface area contributed by atoms with Crippen molar-refractivity contribution in [3.63, 3.8) is 0 Å². The molecule has 0 saturated carbocycles. The summed E-state index contributed by atoms with van der Waals surface area (Å²) in [5, 5.41) is 13.1. The molecule has 0 radical (unpaired) electrons. The second-order valence-corrected chi connectivity index (χ2v) is 12.5. The van der Waals surface area contributed by atoms with E-state index in [1.807, 2.05) is 24.3 Å². The summed E-state index contributed by atoms with van der Waals surface area (Å²) < 4.78 is 13.5. The molecule has 4 N–H and O–H groups in total. The first-order valence-electron chi connectivity index (χ1n) is 16.8. The Balaban J connectivity index is 0.985. The lowest BCUT2D eigenvalue weighted by molar-refractivity contribution is -0.121. The highest BCUT2D eigenvalue weighted by Crippen LogP contribution is 2.33. The third-order valence-corrected chi connectivity index (χ3v) is 9.05. The number of halogens is 1. The fourth-order valence-corrected chi connectivity index (χ4v) is 6.41. The maximum absolute atomic E-state index is 13.5. The zero-order valence-corrected chi connectivity index (χ0v) is 27.0. The molecule has 2 amide bonds. The Labute approximate surface area is 276 Å². The van der Waals surface area contributed by atoms with E-state index in [1.54, 1.807) is 19.1 Å². The number of fused-ring (bicyclic) bond motifs is 2. The van der Waals surface area contributed by atoms with Crippen molar-refractivity contribution in [1.29, 1.82) is 0 Å². The highest BCUT2D eigenvalue weighted by Gasteiger charge is 2.23.